The lowest BCUT2D eigenvalue weighted by molar-refractivity contribution is 0.461. The van der Waals surface area contributed by atoms with Crippen LogP contribution in [0.5, 0.6) is 5.75 Å². The molecule has 0 fully saturated rings. The second-order valence-electron chi connectivity index (χ2n) is 2.67. The summed E-state index contributed by atoms with van der Waals surface area (Å²) in [6, 6.07) is 6.60. The molecule has 0 saturated carbocycles. The maximum atomic E-state index is 9.47. The molecule has 0 amide bonds. The van der Waals surface area contributed by atoms with E-state index < -0.39 is 6.04 Å². The van der Waals surface area contributed by atoms with Crippen LogP contribution in [0.2, 0.25) is 0 Å². The molecule has 3 N–H and O–H groups in total. The zero-order valence-corrected chi connectivity index (χ0v) is 8.45. The van der Waals surface area contributed by atoms with Crippen LogP contribution in [0.1, 0.15) is 18.0 Å². The lowest BCUT2D eigenvalue weighted by Crippen LogP contribution is -2.09. The summed E-state index contributed by atoms with van der Waals surface area (Å²) in [6.45, 7) is 0. The van der Waals surface area contributed by atoms with E-state index in [2.05, 4.69) is 15.9 Å². The average Bonchev–Trinajstić information content (AvgIpc) is 2.04. The first-order chi connectivity index (χ1) is 6.15. The molecule has 0 aliphatic heterocycles. The van der Waals surface area contributed by atoms with Crippen molar-refractivity contribution in [3.05, 3.63) is 28.2 Å². The van der Waals surface area contributed by atoms with Gasteiger partial charge in [0.05, 0.1) is 12.5 Å². The second-order valence-corrected chi connectivity index (χ2v) is 3.59. The van der Waals surface area contributed by atoms with Gasteiger partial charge in [-0.3, -0.25) is 0 Å². The summed E-state index contributed by atoms with van der Waals surface area (Å²) >= 11 is 3.22. The van der Waals surface area contributed by atoms with Gasteiger partial charge in [-0.15, -0.1) is 0 Å². The van der Waals surface area contributed by atoms with Crippen LogP contribution < -0.4 is 5.73 Å². The monoisotopic (exact) mass is 240 g/mol. The van der Waals surface area contributed by atoms with Crippen LogP contribution in [0.4, 0.5) is 0 Å². The summed E-state index contributed by atoms with van der Waals surface area (Å²) < 4.78 is 0.790. The van der Waals surface area contributed by atoms with Crippen LogP contribution in [-0.4, -0.2) is 5.11 Å². The van der Waals surface area contributed by atoms with E-state index >= 15 is 0 Å². The molecule has 0 spiro atoms. The summed E-state index contributed by atoms with van der Waals surface area (Å²) in [4.78, 5) is 0. The molecule has 1 atom stereocenters. The van der Waals surface area contributed by atoms with Crippen molar-refractivity contribution >= 4 is 15.9 Å². The molecule has 0 aliphatic carbocycles. The van der Waals surface area contributed by atoms with Crippen molar-refractivity contribution in [2.24, 2.45) is 5.73 Å². The van der Waals surface area contributed by atoms with Crippen molar-refractivity contribution in [1.29, 1.82) is 5.26 Å². The van der Waals surface area contributed by atoms with E-state index in [0.717, 1.165) is 4.47 Å². The average molecular weight is 241 g/mol. The molecule has 4 heteroatoms. The second kappa shape index (κ2) is 4.26. The molecule has 13 heavy (non-hydrogen) atoms. The van der Waals surface area contributed by atoms with Crippen LogP contribution >= 0.6 is 15.9 Å². The van der Waals surface area contributed by atoms with E-state index in [1.807, 2.05) is 6.07 Å². The Hall–Kier alpha value is -1.05. The van der Waals surface area contributed by atoms with E-state index in [0.29, 0.717) is 5.56 Å². The minimum Gasteiger partial charge on any atom is -0.508 e. The minimum absolute atomic E-state index is 0.122. The van der Waals surface area contributed by atoms with Gasteiger partial charge in [-0.2, -0.15) is 5.26 Å². The number of phenols is 1. The van der Waals surface area contributed by atoms with Crippen LogP contribution in [0.15, 0.2) is 22.7 Å². The molecular formula is C9H9BrN2O. The Morgan fingerprint density at radius 2 is 2.31 bits per heavy atom. The normalized spacial score (nSPS) is 12.1. The van der Waals surface area contributed by atoms with Gasteiger partial charge in [0, 0.05) is 16.1 Å². The standard InChI is InChI=1S/C9H9BrN2O/c10-6-1-2-7(9(13)5-6)8(12)3-4-11/h1-2,5,8,13H,3,12H2/t8-/m1/s1. The first-order valence-corrected chi connectivity index (χ1v) is 4.55. The number of nitrogens with two attached hydrogens (primary N) is 1. The lowest BCUT2D eigenvalue weighted by Gasteiger charge is -2.09. The summed E-state index contributed by atoms with van der Waals surface area (Å²) in [5, 5.41) is 17.9. The van der Waals surface area contributed by atoms with Crippen molar-refractivity contribution < 1.29 is 5.11 Å². The number of rotatable bonds is 2. The maximum Gasteiger partial charge on any atom is 0.121 e. The Balaban J connectivity index is 2.96. The molecule has 0 aromatic heterocycles. The molecule has 0 saturated heterocycles. The van der Waals surface area contributed by atoms with Crippen LogP contribution in [0.3, 0.4) is 0 Å². The van der Waals surface area contributed by atoms with Crippen molar-refractivity contribution in [1.82, 2.24) is 0 Å². The third-order valence-electron chi connectivity index (χ3n) is 1.70. The first-order valence-electron chi connectivity index (χ1n) is 3.76. The molecule has 0 aliphatic rings. The Labute approximate surface area is 84.9 Å². The van der Waals surface area contributed by atoms with E-state index in [-0.39, 0.29) is 12.2 Å². The molecule has 1 aromatic rings. The fraction of sp³-hybridized carbons (Fsp3) is 0.222. The van der Waals surface area contributed by atoms with Crippen LogP contribution in [-0.2, 0) is 0 Å². The third kappa shape index (κ3) is 2.44. The highest BCUT2D eigenvalue weighted by Gasteiger charge is 2.09. The summed E-state index contributed by atoms with van der Waals surface area (Å²) in [7, 11) is 0. The molecule has 3 nitrogen and oxygen atoms in total. The van der Waals surface area contributed by atoms with Gasteiger partial charge in [0.2, 0.25) is 0 Å². The summed E-state index contributed by atoms with van der Waals surface area (Å²) in [6.07, 6.45) is 0.204. The highest BCUT2D eigenvalue weighted by Crippen LogP contribution is 2.27. The van der Waals surface area contributed by atoms with E-state index in [1.54, 1.807) is 18.2 Å². The van der Waals surface area contributed by atoms with Crippen LogP contribution in [0.25, 0.3) is 0 Å². The van der Waals surface area contributed by atoms with Crippen molar-refractivity contribution in [2.45, 2.75) is 12.5 Å². The number of aromatic hydroxyl groups is 1. The number of nitriles is 1. The van der Waals surface area contributed by atoms with Gasteiger partial charge in [0.1, 0.15) is 5.75 Å². The molecule has 0 unspecified atom stereocenters. The fourth-order valence-electron chi connectivity index (χ4n) is 1.04. The van der Waals surface area contributed by atoms with E-state index in [4.69, 9.17) is 11.0 Å². The van der Waals surface area contributed by atoms with Crippen LogP contribution in [0, 0.1) is 11.3 Å². The Bertz CT molecular complexity index is 346. The van der Waals surface area contributed by atoms with Crippen molar-refractivity contribution in [3.8, 4) is 11.8 Å². The zero-order chi connectivity index (χ0) is 9.84. The number of hydrogen-bond acceptors (Lipinski definition) is 3. The third-order valence-corrected chi connectivity index (χ3v) is 2.20. The summed E-state index contributed by atoms with van der Waals surface area (Å²) in [5.74, 6) is 0.122. The molecule has 0 heterocycles. The van der Waals surface area contributed by atoms with Gasteiger partial charge >= 0.3 is 0 Å². The number of halogens is 1. The summed E-state index contributed by atoms with van der Waals surface area (Å²) in [5.41, 5.74) is 6.26. The highest BCUT2D eigenvalue weighted by atomic mass is 79.9. The molecule has 0 bridgehead atoms. The minimum atomic E-state index is -0.418. The van der Waals surface area contributed by atoms with Gasteiger partial charge in [0.15, 0.2) is 0 Å². The zero-order valence-electron chi connectivity index (χ0n) is 6.87. The Kier molecular flexibility index (Phi) is 3.29. The first kappa shape index (κ1) is 10.0. The lowest BCUT2D eigenvalue weighted by atomic mass is 10.0. The van der Waals surface area contributed by atoms with Gasteiger partial charge in [0.25, 0.3) is 0 Å². The van der Waals surface area contributed by atoms with Crippen molar-refractivity contribution in [3.63, 3.8) is 0 Å². The van der Waals surface area contributed by atoms with Gasteiger partial charge in [-0.1, -0.05) is 22.0 Å². The molecule has 68 valence electrons. The van der Waals surface area contributed by atoms with Gasteiger partial charge in [-0.05, 0) is 12.1 Å². The number of nitrogens with zero attached hydrogens (tertiary/aromatic N) is 1. The van der Waals surface area contributed by atoms with Crippen molar-refractivity contribution in [2.75, 3.05) is 0 Å². The largest absolute Gasteiger partial charge is 0.508 e. The van der Waals surface area contributed by atoms with Gasteiger partial charge in [-0.25, -0.2) is 0 Å². The quantitative estimate of drug-likeness (QED) is 0.832. The predicted molar refractivity (Wildman–Crippen MR) is 53.0 cm³/mol. The number of hydrogen-bond donors (Lipinski definition) is 2. The van der Waals surface area contributed by atoms with Gasteiger partial charge < -0.3 is 10.8 Å². The Morgan fingerprint density at radius 3 is 2.85 bits per heavy atom. The van der Waals surface area contributed by atoms with E-state index in [1.165, 1.54) is 0 Å². The topological polar surface area (TPSA) is 70.0 Å². The molecule has 1 rings (SSSR count). The highest BCUT2D eigenvalue weighted by molar-refractivity contribution is 9.10. The number of phenolic OH excluding ortho intramolecular Hbond substituents is 1. The number of benzene rings is 1. The predicted octanol–water partition coefficient (Wildman–Crippen LogP) is 2.07. The fourth-order valence-corrected chi connectivity index (χ4v) is 1.39. The van der Waals surface area contributed by atoms with E-state index in [9.17, 15) is 5.11 Å². The molecule has 1 aromatic carbocycles. The Morgan fingerprint density at radius 1 is 1.62 bits per heavy atom. The SMILES string of the molecule is N#CC[C@@H](N)c1ccc(Br)cc1O. The molecule has 0 radical (unpaired) electrons. The molecular weight excluding hydrogens is 232 g/mol. The maximum absolute atomic E-state index is 9.47. The smallest absolute Gasteiger partial charge is 0.121 e.